The van der Waals surface area contributed by atoms with Crippen LogP contribution in [0.4, 0.5) is 0 Å². The maximum atomic E-state index is 11.4. The zero-order chi connectivity index (χ0) is 15.8. The molecule has 0 fully saturated rings. The molecule has 0 atom stereocenters. The molecule has 0 saturated carbocycles. The molecule has 2 N–H and O–H groups in total. The van der Waals surface area contributed by atoms with Gasteiger partial charge in [0.1, 0.15) is 6.07 Å². The summed E-state index contributed by atoms with van der Waals surface area (Å²) in [5.41, 5.74) is 1.25. The van der Waals surface area contributed by atoms with Crippen LogP contribution in [0.1, 0.15) is 19.4 Å². The van der Waals surface area contributed by atoms with Crippen molar-refractivity contribution in [3.05, 3.63) is 28.5 Å². The van der Waals surface area contributed by atoms with Gasteiger partial charge in [0.05, 0.1) is 22.9 Å². The van der Waals surface area contributed by atoms with E-state index < -0.39 is 15.6 Å². The second-order valence-corrected chi connectivity index (χ2v) is 7.72. The van der Waals surface area contributed by atoms with Crippen molar-refractivity contribution in [3.63, 3.8) is 0 Å². The average Bonchev–Trinajstić information content (AvgIpc) is 2.62. The highest BCUT2D eigenvalue weighted by molar-refractivity contribution is 7.88. The van der Waals surface area contributed by atoms with Gasteiger partial charge in [-0.1, -0.05) is 6.07 Å². The van der Waals surface area contributed by atoms with Gasteiger partial charge in [0, 0.05) is 12.1 Å². The molecule has 0 spiro atoms. The maximum absolute atomic E-state index is 11.4. The number of imidazole rings is 1. The fraction of sp³-hybridized carbons (Fsp3) is 0.385. The highest BCUT2D eigenvalue weighted by atomic mass is 32.2. The van der Waals surface area contributed by atoms with E-state index in [0.717, 1.165) is 11.8 Å². The lowest BCUT2D eigenvalue weighted by Crippen LogP contribution is -2.46. The van der Waals surface area contributed by atoms with Gasteiger partial charge >= 0.3 is 0 Å². The van der Waals surface area contributed by atoms with Crippen molar-refractivity contribution in [3.8, 4) is 6.07 Å². The van der Waals surface area contributed by atoms with Gasteiger partial charge in [0.15, 0.2) is 4.77 Å². The molecule has 0 unspecified atom stereocenters. The summed E-state index contributed by atoms with van der Waals surface area (Å²) < 4.78 is 27.7. The van der Waals surface area contributed by atoms with Crippen LogP contribution in [0.5, 0.6) is 0 Å². The number of aromatic amines is 1. The number of fused-ring (bicyclic) bond motifs is 1. The van der Waals surface area contributed by atoms with E-state index in [0.29, 0.717) is 22.4 Å². The summed E-state index contributed by atoms with van der Waals surface area (Å²) in [5.74, 6) is 0. The Morgan fingerprint density at radius 3 is 2.71 bits per heavy atom. The quantitative estimate of drug-likeness (QED) is 0.840. The van der Waals surface area contributed by atoms with Crippen LogP contribution in [-0.2, 0) is 16.6 Å². The summed E-state index contributed by atoms with van der Waals surface area (Å²) in [5, 5.41) is 9.12. The molecule has 2 aromatic rings. The van der Waals surface area contributed by atoms with E-state index >= 15 is 0 Å². The van der Waals surface area contributed by atoms with Crippen molar-refractivity contribution in [2.24, 2.45) is 0 Å². The summed E-state index contributed by atoms with van der Waals surface area (Å²) in [4.78, 5) is 3.01. The zero-order valence-corrected chi connectivity index (χ0v) is 13.6. The molecule has 1 aromatic carbocycles. The molecule has 6 nitrogen and oxygen atoms in total. The number of H-pyrrole nitrogens is 1. The van der Waals surface area contributed by atoms with Crippen LogP contribution in [-0.4, -0.2) is 29.8 Å². The van der Waals surface area contributed by atoms with Crippen LogP contribution in [0.25, 0.3) is 11.0 Å². The summed E-state index contributed by atoms with van der Waals surface area (Å²) >= 11 is 5.29. The van der Waals surface area contributed by atoms with Gasteiger partial charge in [-0.15, -0.1) is 0 Å². The summed E-state index contributed by atoms with van der Waals surface area (Å²) in [7, 11) is -3.32. The van der Waals surface area contributed by atoms with Crippen molar-refractivity contribution in [2.45, 2.75) is 25.9 Å². The molecule has 0 aliphatic rings. The molecular formula is C13H16N4O2S2. The van der Waals surface area contributed by atoms with E-state index in [1.54, 1.807) is 30.5 Å². The lowest BCUT2D eigenvalue weighted by atomic mass is 10.1. The van der Waals surface area contributed by atoms with Crippen LogP contribution < -0.4 is 4.72 Å². The minimum absolute atomic E-state index is 0.355. The molecule has 0 bridgehead atoms. The topological polar surface area (TPSA) is 90.7 Å². The maximum Gasteiger partial charge on any atom is 0.209 e. The van der Waals surface area contributed by atoms with Crippen molar-refractivity contribution < 1.29 is 8.42 Å². The van der Waals surface area contributed by atoms with Crippen LogP contribution in [0.2, 0.25) is 0 Å². The molecule has 1 aromatic heterocycles. The lowest BCUT2D eigenvalue weighted by molar-refractivity contribution is 0.394. The van der Waals surface area contributed by atoms with Gasteiger partial charge in [-0.05, 0) is 38.2 Å². The van der Waals surface area contributed by atoms with Crippen molar-refractivity contribution in [2.75, 3.05) is 6.26 Å². The van der Waals surface area contributed by atoms with Gasteiger partial charge in [-0.25, -0.2) is 13.1 Å². The molecule has 0 saturated heterocycles. The third-order valence-electron chi connectivity index (χ3n) is 2.95. The second kappa shape index (κ2) is 5.26. The molecule has 0 radical (unpaired) electrons. The van der Waals surface area contributed by atoms with E-state index in [1.165, 1.54) is 0 Å². The zero-order valence-electron chi connectivity index (χ0n) is 12.0. The monoisotopic (exact) mass is 324 g/mol. The lowest BCUT2D eigenvalue weighted by Gasteiger charge is -2.25. The van der Waals surface area contributed by atoms with Crippen molar-refractivity contribution in [1.82, 2.24) is 14.3 Å². The molecule has 0 aliphatic carbocycles. The summed E-state index contributed by atoms with van der Waals surface area (Å²) in [6.07, 6.45) is 1.12. The van der Waals surface area contributed by atoms with E-state index in [2.05, 4.69) is 15.8 Å². The first-order valence-corrected chi connectivity index (χ1v) is 8.53. The molecule has 21 heavy (non-hydrogen) atoms. The number of benzene rings is 1. The molecule has 0 aliphatic heterocycles. The van der Waals surface area contributed by atoms with Crippen LogP contribution in [0, 0.1) is 16.1 Å². The first-order valence-electron chi connectivity index (χ1n) is 6.23. The summed E-state index contributed by atoms with van der Waals surface area (Å²) in [6.45, 7) is 3.92. The number of nitrogens with zero attached hydrogens (tertiary/aromatic N) is 2. The molecule has 2 rings (SSSR count). The van der Waals surface area contributed by atoms with Crippen molar-refractivity contribution in [1.29, 1.82) is 5.26 Å². The van der Waals surface area contributed by atoms with Crippen LogP contribution in [0.3, 0.4) is 0 Å². The molecular weight excluding hydrogens is 308 g/mol. The standard InChI is InChI=1S/C13H16N4O2S2/c1-13(2,16-21(3,18)19)8-17-10-6-4-5-9(7-14)11(10)15-12(17)20/h4-6,16H,8H2,1-3H3,(H,15,20). The number of aromatic nitrogens is 2. The van der Waals surface area contributed by atoms with Crippen LogP contribution in [0.15, 0.2) is 18.2 Å². The minimum atomic E-state index is -3.32. The number of rotatable bonds is 4. The Balaban J connectivity index is 2.51. The first kappa shape index (κ1) is 15.7. The van der Waals surface area contributed by atoms with E-state index in [1.807, 2.05) is 6.07 Å². The fourth-order valence-corrected chi connectivity index (χ4v) is 3.69. The normalized spacial score (nSPS) is 12.5. The molecule has 8 heteroatoms. The summed E-state index contributed by atoms with van der Waals surface area (Å²) in [6, 6.07) is 7.44. The van der Waals surface area contributed by atoms with Crippen LogP contribution >= 0.6 is 12.2 Å². The number of nitriles is 1. The Labute approximate surface area is 128 Å². The SMILES string of the molecule is CC(C)(Cn1c(=S)[nH]c2c(C#N)cccc21)NS(C)(=O)=O. The predicted molar refractivity (Wildman–Crippen MR) is 83.9 cm³/mol. The largest absolute Gasteiger partial charge is 0.329 e. The predicted octanol–water partition coefficient (Wildman–Crippen LogP) is 1.90. The van der Waals surface area contributed by atoms with Gasteiger partial charge < -0.3 is 9.55 Å². The second-order valence-electron chi connectivity index (χ2n) is 5.59. The smallest absolute Gasteiger partial charge is 0.209 e. The van der Waals surface area contributed by atoms with Gasteiger partial charge in [-0.2, -0.15) is 5.26 Å². The van der Waals surface area contributed by atoms with E-state index in [-0.39, 0.29) is 0 Å². The highest BCUT2D eigenvalue weighted by Gasteiger charge is 2.24. The number of hydrogen-bond acceptors (Lipinski definition) is 4. The Hall–Kier alpha value is -1.69. The van der Waals surface area contributed by atoms with E-state index in [4.69, 9.17) is 17.5 Å². The fourth-order valence-electron chi connectivity index (χ4n) is 2.36. The number of nitrogens with one attached hydrogen (secondary N) is 2. The number of sulfonamides is 1. The number of para-hydroxylation sites is 1. The van der Waals surface area contributed by atoms with Gasteiger partial charge in [0.25, 0.3) is 0 Å². The Morgan fingerprint density at radius 1 is 1.48 bits per heavy atom. The van der Waals surface area contributed by atoms with Gasteiger partial charge in [0.2, 0.25) is 10.0 Å². The van der Waals surface area contributed by atoms with Gasteiger partial charge in [-0.3, -0.25) is 0 Å². The molecule has 0 amide bonds. The molecule has 112 valence electrons. The Kier molecular flexibility index (Phi) is 3.93. The third kappa shape index (κ3) is 3.50. The average molecular weight is 324 g/mol. The number of hydrogen-bond donors (Lipinski definition) is 2. The highest BCUT2D eigenvalue weighted by Crippen LogP contribution is 2.20. The third-order valence-corrected chi connectivity index (χ3v) is 4.19. The Morgan fingerprint density at radius 2 is 2.14 bits per heavy atom. The first-order chi connectivity index (χ1) is 9.63. The van der Waals surface area contributed by atoms with Crippen molar-refractivity contribution >= 4 is 33.3 Å². The molecule has 1 heterocycles. The Bertz CT molecular complexity index is 885. The van der Waals surface area contributed by atoms with E-state index in [9.17, 15) is 8.42 Å². The minimum Gasteiger partial charge on any atom is -0.329 e.